The van der Waals surface area contributed by atoms with Gasteiger partial charge >= 0.3 is 0 Å². The van der Waals surface area contributed by atoms with Crippen LogP contribution in [-0.4, -0.2) is 7.28 Å². The molecule has 0 N–H and O–H groups in total. The summed E-state index contributed by atoms with van der Waals surface area (Å²) >= 11 is 0. The maximum absolute atomic E-state index is 4.00. The van der Waals surface area contributed by atoms with E-state index in [1.54, 1.807) is 0 Å². The Hall–Kier alpha value is -2.54. The van der Waals surface area contributed by atoms with Gasteiger partial charge in [0.15, 0.2) is 0 Å². The molecule has 0 saturated heterocycles. The lowest BCUT2D eigenvalue weighted by molar-refractivity contribution is 1.76. The van der Waals surface area contributed by atoms with E-state index in [1.165, 1.54) is 43.3 Å². The van der Waals surface area contributed by atoms with Crippen LogP contribution in [0.3, 0.4) is 0 Å². The lowest BCUT2D eigenvalue weighted by Gasteiger charge is -2.13. The van der Waals surface area contributed by atoms with E-state index in [-0.39, 0.29) is 0 Å². The van der Waals surface area contributed by atoms with Gasteiger partial charge in [-0.25, -0.2) is 0 Å². The third-order valence-electron chi connectivity index (χ3n) is 4.48. The molecule has 0 aromatic heterocycles. The van der Waals surface area contributed by atoms with Gasteiger partial charge in [0.2, 0.25) is 0 Å². The van der Waals surface area contributed by atoms with E-state index in [0.29, 0.717) is 0 Å². The molecule has 0 saturated carbocycles. The third-order valence-corrected chi connectivity index (χ3v) is 4.48. The highest BCUT2D eigenvalue weighted by Gasteiger charge is 2.10. The Balaban J connectivity index is 2.33. The second kappa shape index (κ2) is 5.03. The van der Waals surface area contributed by atoms with Crippen LogP contribution in [0, 0.1) is 0 Å². The zero-order valence-corrected chi connectivity index (χ0v) is 12.6. The fourth-order valence-corrected chi connectivity index (χ4v) is 3.41. The van der Waals surface area contributed by atoms with Crippen molar-refractivity contribution in [2.75, 3.05) is 0 Å². The quantitative estimate of drug-likeness (QED) is 0.351. The number of benzene rings is 4. The molecule has 0 fully saturated rings. The smallest absolute Gasteiger partial charge is 0.0984 e. The highest BCUT2D eigenvalue weighted by Crippen LogP contribution is 2.33. The van der Waals surface area contributed by atoms with Gasteiger partial charge in [-0.05, 0) is 43.9 Å². The Labute approximate surface area is 131 Å². The SMILES string of the molecule is C=Cc1cc2c3ccccc3c([B]C)cc2c2ccccc12. The van der Waals surface area contributed by atoms with E-state index in [4.69, 9.17) is 0 Å². The fourth-order valence-electron chi connectivity index (χ4n) is 3.41. The highest BCUT2D eigenvalue weighted by atomic mass is 14.1. The molecule has 0 nitrogen and oxygen atoms in total. The van der Waals surface area contributed by atoms with E-state index < -0.39 is 0 Å². The van der Waals surface area contributed by atoms with Gasteiger partial charge in [-0.1, -0.05) is 79.5 Å². The molecular weight excluding hydrogens is 263 g/mol. The minimum Gasteiger partial charge on any atom is -0.0984 e. The first-order valence-corrected chi connectivity index (χ1v) is 7.62. The number of hydrogen-bond acceptors (Lipinski definition) is 0. The van der Waals surface area contributed by atoms with Crippen molar-refractivity contribution in [3.8, 4) is 0 Å². The molecule has 0 unspecified atom stereocenters. The van der Waals surface area contributed by atoms with Gasteiger partial charge in [-0.3, -0.25) is 0 Å². The van der Waals surface area contributed by atoms with Gasteiger partial charge in [0.1, 0.15) is 7.28 Å². The standard InChI is InChI=1S/C21H16B/c1-3-14-12-19-17-10-6-7-11-18(17)21(22-2)13-20(19)16-9-5-4-8-15(14)16/h3-13H,1H2,2H3. The summed E-state index contributed by atoms with van der Waals surface area (Å²) in [4.78, 5) is 0. The van der Waals surface area contributed by atoms with Gasteiger partial charge in [0, 0.05) is 0 Å². The van der Waals surface area contributed by atoms with E-state index in [9.17, 15) is 0 Å². The largest absolute Gasteiger partial charge is 0.149 e. The molecule has 4 rings (SSSR count). The summed E-state index contributed by atoms with van der Waals surface area (Å²) in [5.74, 6) is 0. The summed E-state index contributed by atoms with van der Waals surface area (Å²) in [6.45, 7) is 6.10. The van der Waals surface area contributed by atoms with Crippen molar-refractivity contribution >= 4 is 51.1 Å². The first kappa shape index (κ1) is 13.2. The Bertz CT molecular complexity index is 1030. The monoisotopic (exact) mass is 279 g/mol. The first-order valence-electron chi connectivity index (χ1n) is 7.62. The van der Waals surface area contributed by atoms with Crippen molar-refractivity contribution in [1.82, 2.24) is 0 Å². The maximum Gasteiger partial charge on any atom is 0.149 e. The van der Waals surface area contributed by atoms with Crippen LogP contribution in [0.1, 0.15) is 5.56 Å². The van der Waals surface area contributed by atoms with Crippen molar-refractivity contribution in [2.24, 2.45) is 0 Å². The molecule has 22 heavy (non-hydrogen) atoms. The molecule has 0 atom stereocenters. The molecule has 4 aromatic carbocycles. The normalized spacial score (nSPS) is 11.1. The first-order chi connectivity index (χ1) is 10.8. The molecule has 4 aromatic rings. The molecule has 0 bridgehead atoms. The second-order valence-electron chi connectivity index (χ2n) is 5.61. The van der Waals surface area contributed by atoms with Gasteiger partial charge in [-0.15, -0.1) is 0 Å². The summed E-state index contributed by atoms with van der Waals surface area (Å²) in [5.41, 5.74) is 2.49. The minimum atomic E-state index is 1.20. The number of hydrogen-bond donors (Lipinski definition) is 0. The Morgan fingerprint density at radius 3 is 1.91 bits per heavy atom. The van der Waals surface area contributed by atoms with E-state index in [2.05, 4.69) is 81.3 Å². The zero-order valence-electron chi connectivity index (χ0n) is 12.6. The molecule has 0 amide bonds. The van der Waals surface area contributed by atoms with Gasteiger partial charge in [0.25, 0.3) is 0 Å². The average molecular weight is 279 g/mol. The molecule has 0 aliphatic carbocycles. The van der Waals surface area contributed by atoms with Crippen molar-refractivity contribution in [2.45, 2.75) is 6.82 Å². The van der Waals surface area contributed by atoms with E-state index >= 15 is 0 Å². The van der Waals surface area contributed by atoms with Crippen LogP contribution < -0.4 is 5.46 Å². The predicted molar refractivity (Wildman–Crippen MR) is 100 cm³/mol. The van der Waals surface area contributed by atoms with E-state index in [0.717, 1.165) is 0 Å². The van der Waals surface area contributed by atoms with Gasteiger partial charge in [-0.2, -0.15) is 0 Å². The lowest BCUT2D eigenvalue weighted by atomic mass is 9.70. The van der Waals surface area contributed by atoms with Crippen LogP contribution >= 0.6 is 0 Å². The topological polar surface area (TPSA) is 0 Å². The molecule has 0 spiro atoms. The zero-order chi connectivity index (χ0) is 15.1. The van der Waals surface area contributed by atoms with Crippen molar-refractivity contribution < 1.29 is 0 Å². The van der Waals surface area contributed by atoms with E-state index in [1.807, 2.05) is 6.08 Å². The second-order valence-corrected chi connectivity index (χ2v) is 5.61. The lowest BCUT2D eigenvalue weighted by Crippen LogP contribution is -2.11. The van der Waals surface area contributed by atoms with Crippen LogP contribution in [0.4, 0.5) is 0 Å². The molecule has 103 valence electrons. The van der Waals surface area contributed by atoms with Crippen LogP contribution in [-0.2, 0) is 0 Å². The molecule has 0 aliphatic rings. The number of rotatable bonds is 2. The van der Waals surface area contributed by atoms with Crippen molar-refractivity contribution in [3.05, 3.63) is 72.8 Å². The number of fused-ring (bicyclic) bond motifs is 5. The predicted octanol–water partition coefficient (Wildman–Crippen LogP) is 5.17. The van der Waals surface area contributed by atoms with Crippen molar-refractivity contribution in [1.29, 1.82) is 0 Å². The van der Waals surface area contributed by atoms with Crippen LogP contribution in [0.5, 0.6) is 0 Å². The van der Waals surface area contributed by atoms with Crippen LogP contribution in [0.25, 0.3) is 38.4 Å². The minimum absolute atomic E-state index is 1.20. The molecule has 0 heterocycles. The summed E-state index contributed by atoms with van der Waals surface area (Å²) in [5, 5.41) is 7.79. The van der Waals surface area contributed by atoms with Crippen LogP contribution in [0.15, 0.2) is 67.2 Å². The Morgan fingerprint density at radius 1 is 0.727 bits per heavy atom. The van der Waals surface area contributed by atoms with Gasteiger partial charge < -0.3 is 0 Å². The molecule has 1 heteroatoms. The Kier molecular flexibility index (Phi) is 3.01. The van der Waals surface area contributed by atoms with Crippen LogP contribution in [0.2, 0.25) is 6.82 Å². The molecule has 0 aliphatic heterocycles. The van der Waals surface area contributed by atoms with Crippen molar-refractivity contribution in [3.63, 3.8) is 0 Å². The maximum atomic E-state index is 4.00. The third kappa shape index (κ3) is 1.79. The Morgan fingerprint density at radius 2 is 1.27 bits per heavy atom. The summed E-state index contributed by atoms with van der Waals surface area (Å²) in [7, 11) is 2.19. The summed E-state index contributed by atoms with van der Waals surface area (Å²) in [6.07, 6.45) is 1.95. The summed E-state index contributed by atoms with van der Waals surface area (Å²) < 4.78 is 0. The fraction of sp³-hybridized carbons (Fsp3) is 0.0476. The van der Waals surface area contributed by atoms with Gasteiger partial charge in [0.05, 0.1) is 0 Å². The highest BCUT2D eigenvalue weighted by molar-refractivity contribution is 6.57. The molecule has 1 radical (unpaired) electrons. The summed E-state index contributed by atoms with van der Waals surface area (Å²) in [6, 6.07) is 21.8. The molecular formula is C21H16B. The average Bonchev–Trinajstić information content (AvgIpc) is 2.60.